The van der Waals surface area contributed by atoms with Crippen molar-refractivity contribution in [1.29, 1.82) is 0 Å². The van der Waals surface area contributed by atoms with Crippen molar-refractivity contribution >= 4 is 38.3 Å². The lowest BCUT2D eigenvalue weighted by atomic mass is 10.1. The van der Waals surface area contributed by atoms with E-state index in [1.54, 1.807) is 0 Å². The number of ether oxygens (including phenoxy) is 1. The van der Waals surface area contributed by atoms with Gasteiger partial charge in [0.25, 0.3) is 10.0 Å². The first-order valence-corrected chi connectivity index (χ1v) is 10.5. The van der Waals surface area contributed by atoms with Crippen LogP contribution in [0.3, 0.4) is 0 Å². The lowest BCUT2D eigenvalue weighted by Crippen LogP contribution is -2.33. The largest absolute Gasteiger partial charge is 0.394 e. The van der Waals surface area contributed by atoms with Gasteiger partial charge in [0.05, 0.1) is 23.9 Å². The molecule has 0 amide bonds. The van der Waals surface area contributed by atoms with Gasteiger partial charge in [-0.2, -0.15) is 5.10 Å². The zero-order chi connectivity index (χ0) is 21.6. The van der Waals surface area contributed by atoms with E-state index in [0.29, 0.717) is 0 Å². The average Bonchev–Trinajstić information content (AvgIpc) is 3.23. The molecule has 13 heteroatoms. The van der Waals surface area contributed by atoms with Crippen molar-refractivity contribution < 1.29 is 32.9 Å². The smallest absolute Gasteiger partial charge is 0.264 e. The molecule has 0 aliphatic carbocycles. The van der Waals surface area contributed by atoms with Crippen molar-refractivity contribution in [3.8, 4) is 0 Å². The highest BCUT2D eigenvalue weighted by atomic mass is 35.5. The minimum Gasteiger partial charge on any atom is -0.394 e. The summed E-state index contributed by atoms with van der Waals surface area (Å²) in [5.41, 5.74) is 0.0230. The van der Waals surface area contributed by atoms with Crippen LogP contribution < -0.4 is 4.72 Å². The molecule has 2 aromatic heterocycles. The molecule has 1 saturated heterocycles. The molecule has 3 heterocycles. The molecule has 30 heavy (non-hydrogen) atoms. The van der Waals surface area contributed by atoms with Gasteiger partial charge in [0, 0.05) is 6.07 Å². The average molecular weight is 459 g/mol. The maximum Gasteiger partial charge on any atom is 0.264 e. The Hall–Kier alpha value is -2.35. The van der Waals surface area contributed by atoms with Crippen LogP contribution in [-0.4, -0.2) is 63.4 Å². The van der Waals surface area contributed by atoms with Crippen molar-refractivity contribution in [2.45, 2.75) is 29.4 Å². The lowest BCUT2D eigenvalue weighted by molar-refractivity contribution is -0.0566. The summed E-state index contributed by atoms with van der Waals surface area (Å²) in [6.07, 6.45) is -3.77. The molecule has 1 aromatic carbocycles. The Morgan fingerprint density at radius 3 is 2.67 bits per heavy atom. The number of aliphatic hydroxyl groups excluding tert-OH is 3. The molecule has 160 valence electrons. The van der Waals surface area contributed by atoms with Gasteiger partial charge in [-0.3, -0.25) is 4.72 Å². The molecule has 3 aromatic rings. The zero-order valence-electron chi connectivity index (χ0n) is 15.1. The first-order valence-electron chi connectivity index (χ1n) is 8.66. The molecule has 0 radical (unpaired) electrons. The number of halogens is 2. The number of nitrogens with zero attached hydrogens (tertiary/aromatic N) is 3. The van der Waals surface area contributed by atoms with Gasteiger partial charge in [-0.25, -0.2) is 22.5 Å². The first-order chi connectivity index (χ1) is 14.2. The Balaban J connectivity index is 1.76. The van der Waals surface area contributed by atoms with Crippen molar-refractivity contribution in [2.75, 3.05) is 11.3 Å². The monoisotopic (exact) mass is 458 g/mol. The topological polar surface area (TPSA) is 147 Å². The molecular weight excluding hydrogens is 443 g/mol. The Labute approximate surface area is 174 Å². The summed E-state index contributed by atoms with van der Waals surface area (Å²) in [7, 11) is -4.30. The Morgan fingerprint density at radius 1 is 1.27 bits per heavy atom. The Morgan fingerprint density at radius 2 is 2.00 bits per heavy atom. The second-order valence-corrected chi connectivity index (χ2v) is 8.62. The highest BCUT2D eigenvalue weighted by molar-refractivity contribution is 7.92. The van der Waals surface area contributed by atoms with E-state index >= 15 is 0 Å². The van der Waals surface area contributed by atoms with Gasteiger partial charge >= 0.3 is 0 Å². The van der Waals surface area contributed by atoms with Crippen molar-refractivity contribution in [3.05, 3.63) is 47.5 Å². The number of hydrogen-bond acceptors (Lipinski definition) is 8. The third-order valence-electron chi connectivity index (χ3n) is 4.66. The number of hydrogen-bond donors (Lipinski definition) is 4. The van der Waals surface area contributed by atoms with E-state index in [4.69, 9.17) is 16.3 Å². The maximum atomic E-state index is 14.0. The maximum absolute atomic E-state index is 14.0. The fourth-order valence-corrected chi connectivity index (χ4v) is 4.54. The van der Waals surface area contributed by atoms with E-state index in [2.05, 4.69) is 14.8 Å². The van der Waals surface area contributed by atoms with Crippen LogP contribution in [0.5, 0.6) is 0 Å². The molecule has 1 aliphatic heterocycles. The third-order valence-corrected chi connectivity index (χ3v) is 6.26. The number of sulfonamides is 1. The SMILES string of the molecule is O=S(=O)(Nc1cc(Cl)nc2c1cnn2[C@@H]1O[C@H](CO)[C@@H](O)[C@H]1O)c1ccccc1F. The lowest BCUT2D eigenvalue weighted by Gasteiger charge is -2.16. The van der Waals surface area contributed by atoms with E-state index in [9.17, 15) is 28.1 Å². The quantitative estimate of drug-likeness (QED) is 0.407. The molecule has 1 fully saturated rings. The normalized spacial score (nSPS) is 24.4. The number of rotatable bonds is 5. The fraction of sp³-hybridized carbons (Fsp3) is 0.294. The summed E-state index contributed by atoms with van der Waals surface area (Å²) < 4.78 is 48.1. The molecule has 1 aliphatic rings. The van der Waals surface area contributed by atoms with Gasteiger partial charge in [0.1, 0.15) is 34.2 Å². The van der Waals surface area contributed by atoms with Crippen LogP contribution in [0.4, 0.5) is 10.1 Å². The standard InChI is InChI=1S/C17H16ClFN4O6S/c18-13-5-10(22-30(27,28)12-4-2-1-3-9(12)19)8-6-20-23(16(8)21-13)17-15(26)14(25)11(7-24)29-17/h1-6,11,14-15,17,24-26H,7H2,(H,21,22)/t11-,14-,15-,17-/m1/s1. The van der Waals surface area contributed by atoms with Crippen LogP contribution in [0.25, 0.3) is 11.0 Å². The second-order valence-electron chi connectivity index (χ2n) is 6.58. The van der Waals surface area contributed by atoms with Gasteiger partial charge in [-0.15, -0.1) is 0 Å². The molecule has 4 atom stereocenters. The number of anilines is 1. The molecule has 10 nitrogen and oxygen atoms in total. The number of pyridine rings is 1. The van der Waals surface area contributed by atoms with Gasteiger partial charge in [0.2, 0.25) is 0 Å². The predicted molar refractivity (Wildman–Crippen MR) is 103 cm³/mol. The summed E-state index contributed by atoms with van der Waals surface area (Å²) >= 11 is 6.03. The Bertz CT molecular complexity index is 1210. The highest BCUT2D eigenvalue weighted by Crippen LogP contribution is 2.34. The first kappa shape index (κ1) is 20.9. The highest BCUT2D eigenvalue weighted by Gasteiger charge is 2.44. The number of fused-ring (bicyclic) bond motifs is 1. The van der Waals surface area contributed by atoms with Crippen LogP contribution >= 0.6 is 11.6 Å². The van der Waals surface area contributed by atoms with Crippen LogP contribution in [0.15, 0.2) is 41.4 Å². The van der Waals surface area contributed by atoms with Crippen LogP contribution in [-0.2, 0) is 14.8 Å². The number of aromatic nitrogens is 3. The fourth-order valence-electron chi connectivity index (χ4n) is 3.20. The van der Waals surface area contributed by atoms with Gasteiger partial charge in [-0.1, -0.05) is 23.7 Å². The molecule has 4 N–H and O–H groups in total. The van der Waals surface area contributed by atoms with Crippen molar-refractivity contribution in [2.24, 2.45) is 0 Å². The summed E-state index contributed by atoms with van der Waals surface area (Å²) in [4.78, 5) is 3.54. The van der Waals surface area contributed by atoms with Crippen LogP contribution in [0, 0.1) is 5.82 Å². The molecule has 0 spiro atoms. The van der Waals surface area contributed by atoms with E-state index in [1.807, 2.05) is 0 Å². The molecule has 4 rings (SSSR count). The molecule has 0 saturated carbocycles. The predicted octanol–water partition coefficient (Wildman–Crippen LogP) is 0.636. The number of aliphatic hydroxyl groups is 3. The van der Waals surface area contributed by atoms with E-state index in [-0.39, 0.29) is 21.9 Å². The zero-order valence-corrected chi connectivity index (χ0v) is 16.6. The van der Waals surface area contributed by atoms with Gasteiger partial charge in [-0.05, 0) is 12.1 Å². The van der Waals surface area contributed by atoms with Crippen LogP contribution in [0.2, 0.25) is 5.15 Å². The molecular formula is C17H16ClFN4O6S. The number of nitrogens with one attached hydrogen (secondary N) is 1. The molecule has 0 bridgehead atoms. The summed E-state index contributed by atoms with van der Waals surface area (Å²) in [5, 5.41) is 33.6. The second kappa shape index (κ2) is 7.72. The summed E-state index contributed by atoms with van der Waals surface area (Å²) in [5.74, 6) is -0.927. The van der Waals surface area contributed by atoms with Crippen molar-refractivity contribution in [3.63, 3.8) is 0 Å². The summed E-state index contributed by atoms with van der Waals surface area (Å²) in [6, 6.07) is 6.10. The minimum atomic E-state index is -4.30. The summed E-state index contributed by atoms with van der Waals surface area (Å²) in [6.45, 7) is -0.532. The van der Waals surface area contributed by atoms with Crippen molar-refractivity contribution in [1.82, 2.24) is 14.8 Å². The number of benzene rings is 1. The van der Waals surface area contributed by atoms with Gasteiger partial charge < -0.3 is 20.1 Å². The third kappa shape index (κ3) is 3.51. The minimum absolute atomic E-state index is 0.0220. The van der Waals surface area contributed by atoms with Crippen LogP contribution in [0.1, 0.15) is 6.23 Å². The molecule has 0 unspecified atom stereocenters. The Kier molecular flexibility index (Phi) is 5.38. The van der Waals surface area contributed by atoms with E-state index in [1.165, 1.54) is 24.4 Å². The van der Waals surface area contributed by atoms with E-state index < -0.39 is 51.9 Å². The van der Waals surface area contributed by atoms with Gasteiger partial charge in [0.15, 0.2) is 11.9 Å². The van der Waals surface area contributed by atoms with E-state index in [0.717, 1.165) is 16.8 Å².